The van der Waals surface area contributed by atoms with Crippen LogP contribution < -0.4 is 15.4 Å². The standard InChI is InChI=1S/C25H29N5O4/c1-34-21-7-3-6-19-18(21)11-20(29-19)25(33)30-13-15-4-2-5-17(15)22(30)24(32)28-16(12-26)10-14-8-9-27-23(14)31/h3,6-7,11,14-17,22,29H,2,4-5,8-10,13H2,1H3,(H,27,31)(H,28,32)/t14-,15?,16?,17?,22-/m0/s1. The first-order valence-corrected chi connectivity index (χ1v) is 11.9. The number of fused-ring (bicyclic) bond motifs is 2. The molecule has 3 heterocycles. The largest absolute Gasteiger partial charge is 0.496 e. The lowest BCUT2D eigenvalue weighted by Gasteiger charge is -2.28. The number of aromatic nitrogens is 1. The topological polar surface area (TPSA) is 127 Å². The van der Waals surface area contributed by atoms with E-state index in [2.05, 4.69) is 21.7 Å². The van der Waals surface area contributed by atoms with Crippen LogP contribution >= 0.6 is 0 Å². The molecule has 1 aromatic carbocycles. The summed E-state index contributed by atoms with van der Waals surface area (Å²) in [5.74, 6) is 0.159. The summed E-state index contributed by atoms with van der Waals surface area (Å²) in [6, 6.07) is 8.10. The number of hydrogen-bond donors (Lipinski definition) is 3. The van der Waals surface area contributed by atoms with Gasteiger partial charge < -0.3 is 25.3 Å². The molecule has 3 aliphatic rings. The molecule has 3 N–H and O–H groups in total. The van der Waals surface area contributed by atoms with E-state index in [0.717, 1.165) is 30.2 Å². The number of H-pyrrole nitrogens is 1. The van der Waals surface area contributed by atoms with Gasteiger partial charge in [-0.3, -0.25) is 14.4 Å². The van der Waals surface area contributed by atoms with Crippen molar-refractivity contribution in [1.82, 2.24) is 20.5 Å². The fourth-order valence-corrected chi connectivity index (χ4v) is 5.98. The Balaban J connectivity index is 1.37. The van der Waals surface area contributed by atoms with E-state index in [9.17, 15) is 19.6 Å². The fourth-order valence-electron chi connectivity index (χ4n) is 5.98. The monoisotopic (exact) mass is 463 g/mol. The van der Waals surface area contributed by atoms with Crippen molar-refractivity contribution in [2.45, 2.75) is 44.2 Å². The summed E-state index contributed by atoms with van der Waals surface area (Å²) >= 11 is 0. The number of aromatic amines is 1. The second-order valence-electron chi connectivity index (χ2n) is 9.56. The van der Waals surface area contributed by atoms with E-state index in [4.69, 9.17) is 4.74 Å². The lowest BCUT2D eigenvalue weighted by molar-refractivity contribution is -0.127. The van der Waals surface area contributed by atoms with E-state index in [1.54, 1.807) is 18.1 Å². The van der Waals surface area contributed by atoms with Crippen molar-refractivity contribution in [2.24, 2.45) is 17.8 Å². The number of hydrogen-bond acceptors (Lipinski definition) is 5. The molecule has 0 spiro atoms. The predicted octanol–water partition coefficient (Wildman–Crippen LogP) is 1.95. The number of methoxy groups -OCH3 is 1. The highest BCUT2D eigenvalue weighted by Crippen LogP contribution is 2.43. The zero-order valence-corrected chi connectivity index (χ0v) is 19.2. The lowest BCUT2D eigenvalue weighted by atomic mass is 9.92. The number of nitrogens with one attached hydrogen (secondary N) is 3. The molecule has 2 aromatic rings. The molecular weight excluding hydrogens is 434 g/mol. The molecule has 178 valence electrons. The number of rotatable bonds is 6. The average Bonchev–Trinajstić information content (AvgIpc) is 3.61. The van der Waals surface area contributed by atoms with Gasteiger partial charge in [-0.2, -0.15) is 5.26 Å². The van der Waals surface area contributed by atoms with Crippen molar-refractivity contribution in [2.75, 3.05) is 20.2 Å². The van der Waals surface area contributed by atoms with Crippen molar-refractivity contribution in [3.05, 3.63) is 30.0 Å². The van der Waals surface area contributed by atoms with Gasteiger partial charge in [-0.05, 0) is 55.7 Å². The molecule has 5 rings (SSSR count). The maximum absolute atomic E-state index is 13.6. The molecule has 5 atom stereocenters. The third-order valence-corrected chi connectivity index (χ3v) is 7.65. The maximum Gasteiger partial charge on any atom is 0.271 e. The Morgan fingerprint density at radius 2 is 2.18 bits per heavy atom. The average molecular weight is 464 g/mol. The minimum atomic E-state index is -0.768. The summed E-state index contributed by atoms with van der Waals surface area (Å²) in [4.78, 5) is 43.8. The minimum Gasteiger partial charge on any atom is -0.496 e. The van der Waals surface area contributed by atoms with Crippen molar-refractivity contribution < 1.29 is 19.1 Å². The Labute approximate surface area is 197 Å². The Kier molecular flexibility index (Phi) is 5.90. The van der Waals surface area contributed by atoms with Gasteiger partial charge in [0.2, 0.25) is 11.8 Å². The van der Waals surface area contributed by atoms with Gasteiger partial charge >= 0.3 is 0 Å². The highest BCUT2D eigenvalue weighted by molar-refractivity contribution is 6.02. The van der Waals surface area contributed by atoms with Crippen LogP contribution in [0.5, 0.6) is 5.75 Å². The summed E-state index contributed by atoms with van der Waals surface area (Å²) in [5, 5.41) is 16.1. The van der Waals surface area contributed by atoms with E-state index >= 15 is 0 Å². The Bertz CT molecular complexity index is 1170. The molecule has 2 aliphatic heterocycles. The van der Waals surface area contributed by atoms with Crippen LogP contribution in [0.4, 0.5) is 0 Å². The maximum atomic E-state index is 13.6. The first-order chi connectivity index (χ1) is 16.5. The summed E-state index contributed by atoms with van der Waals surface area (Å²) in [6.45, 7) is 1.12. The number of carbonyl (C=O) groups excluding carboxylic acids is 3. The highest BCUT2D eigenvalue weighted by atomic mass is 16.5. The fraction of sp³-hybridized carbons (Fsp3) is 0.520. The second-order valence-corrected chi connectivity index (χ2v) is 9.56. The Hall–Kier alpha value is -3.54. The molecular formula is C25H29N5O4. The van der Waals surface area contributed by atoms with Gasteiger partial charge in [0.1, 0.15) is 23.5 Å². The second kappa shape index (κ2) is 9.01. The van der Waals surface area contributed by atoms with Crippen LogP contribution in [0.15, 0.2) is 24.3 Å². The summed E-state index contributed by atoms with van der Waals surface area (Å²) in [5.41, 5.74) is 1.21. The first-order valence-electron chi connectivity index (χ1n) is 11.9. The summed E-state index contributed by atoms with van der Waals surface area (Å²) < 4.78 is 5.42. The molecule has 34 heavy (non-hydrogen) atoms. The zero-order valence-electron chi connectivity index (χ0n) is 19.2. The SMILES string of the molecule is COc1cccc2[nH]c(C(=O)N3CC4CCCC4[C@H]3C(=O)NC(C#N)C[C@@H]3CCNC3=O)cc12. The van der Waals surface area contributed by atoms with E-state index in [1.807, 2.05) is 18.2 Å². The molecule has 2 saturated heterocycles. The predicted molar refractivity (Wildman–Crippen MR) is 124 cm³/mol. The number of benzene rings is 1. The van der Waals surface area contributed by atoms with E-state index in [-0.39, 0.29) is 41.9 Å². The molecule has 0 radical (unpaired) electrons. The van der Waals surface area contributed by atoms with E-state index in [1.165, 1.54) is 0 Å². The van der Waals surface area contributed by atoms with Crippen LogP contribution in [0.2, 0.25) is 0 Å². The third-order valence-electron chi connectivity index (χ3n) is 7.65. The number of amides is 3. The van der Waals surface area contributed by atoms with Crippen LogP contribution in [0, 0.1) is 29.1 Å². The van der Waals surface area contributed by atoms with Crippen molar-refractivity contribution in [1.29, 1.82) is 5.26 Å². The van der Waals surface area contributed by atoms with Gasteiger partial charge in [0.05, 0.1) is 13.2 Å². The zero-order chi connectivity index (χ0) is 23.8. The summed E-state index contributed by atoms with van der Waals surface area (Å²) in [6.07, 6.45) is 3.85. The van der Waals surface area contributed by atoms with Gasteiger partial charge in [0.15, 0.2) is 0 Å². The van der Waals surface area contributed by atoms with Gasteiger partial charge in [0, 0.05) is 29.9 Å². The third kappa shape index (κ3) is 3.87. The minimum absolute atomic E-state index is 0.0720. The number of nitriles is 1. The van der Waals surface area contributed by atoms with E-state index in [0.29, 0.717) is 31.0 Å². The number of likely N-dealkylation sites (tertiary alicyclic amines) is 1. The molecule has 3 amide bonds. The van der Waals surface area contributed by atoms with Crippen molar-refractivity contribution >= 4 is 28.6 Å². The van der Waals surface area contributed by atoms with Gasteiger partial charge in [0.25, 0.3) is 5.91 Å². The molecule has 9 heteroatoms. The molecule has 1 saturated carbocycles. The smallest absolute Gasteiger partial charge is 0.271 e. The number of nitrogens with zero attached hydrogens (tertiary/aromatic N) is 2. The molecule has 1 aromatic heterocycles. The number of carbonyl (C=O) groups is 3. The van der Waals surface area contributed by atoms with Crippen molar-refractivity contribution in [3.63, 3.8) is 0 Å². The molecule has 9 nitrogen and oxygen atoms in total. The molecule has 3 unspecified atom stereocenters. The first kappa shape index (κ1) is 22.3. The van der Waals surface area contributed by atoms with Crippen LogP contribution in [0.25, 0.3) is 10.9 Å². The summed E-state index contributed by atoms with van der Waals surface area (Å²) in [7, 11) is 1.59. The van der Waals surface area contributed by atoms with Crippen LogP contribution in [0.1, 0.15) is 42.6 Å². The Morgan fingerprint density at radius 3 is 2.91 bits per heavy atom. The Morgan fingerprint density at radius 1 is 1.32 bits per heavy atom. The van der Waals surface area contributed by atoms with Crippen LogP contribution in [-0.2, 0) is 9.59 Å². The number of ether oxygens (including phenoxy) is 1. The quantitative estimate of drug-likeness (QED) is 0.603. The lowest BCUT2D eigenvalue weighted by Crippen LogP contribution is -2.51. The molecule has 0 bridgehead atoms. The van der Waals surface area contributed by atoms with Crippen LogP contribution in [-0.4, -0.2) is 59.9 Å². The van der Waals surface area contributed by atoms with Crippen LogP contribution in [0.3, 0.4) is 0 Å². The highest BCUT2D eigenvalue weighted by Gasteiger charge is 2.50. The van der Waals surface area contributed by atoms with Gasteiger partial charge in [-0.25, -0.2) is 0 Å². The molecule has 3 fully saturated rings. The van der Waals surface area contributed by atoms with Gasteiger partial charge in [-0.15, -0.1) is 0 Å². The van der Waals surface area contributed by atoms with E-state index < -0.39 is 12.1 Å². The van der Waals surface area contributed by atoms with Crippen molar-refractivity contribution in [3.8, 4) is 11.8 Å². The van der Waals surface area contributed by atoms with Gasteiger partial charge in [-0.1, -0.05) is 12.5 Å². The normalized spacial score (nSPS) is 26.7. The molecule has 1 aliphatic carbocycles.